The first-order chi connectivity index (χ1) is 17.0. The van der Waals surface area contributed by atoms with Crippen LogP contribution >= 0.6 is 0 Å². The first-order valence-electron chi connectivity index (χ1n) is 11.6. The number of carbonyl (C=O) groups is 1. The van der Waals surface area contributed by atoms with E-state index in [0.29, 0.717) is 49.0 Å². The molecule has 1 fully saturated rings. The topological polar surface area (TPSA) is 118 Å². The van der Waals surface area contributed by atoms with E-state index < -0.39 is 4.92 Å². The molecule has 0 bridgehead atoms. The third-order valence-corrected chi connectivity index (χ3v) is 6.05. The van der Waals surface area contributed by atoms with Crippen LogP contribution in [0.2, 0.25) is 0 Å². The summed E-state index contributed by atoms with van der Waals surface area (Å²) in [6, 6.07) is 15.6. The summed E-state index contributed by atoms with van der Waals surface area (Å²) in [5, 5.41) is 16.2. The van der Waals surface area contributed by atoms with E-state index in [2.05, 4.69) is 22.0 Å². The molecule has 35 heavy (non-hydrogen) atoms. The zero-order chi connectivity index (χ0) is 24.4. The Bertz CT molecular complexity index is 1380. The van der Waals surface area contributed by atoms with Crippen molar-refractivity contribution < 1.29 is 14.2 Å². The Morgan fingerprint density at radius 1 is 1.06 bits per heavy atom. The number of benzene rings is 2. The minimum absolute atomic E-state index is 0.0952. The maximum absolute atomic E-state index is 13.0. The zero-order valence-corrected chi connectivity index (χ0v) is 19.3. The van der Waals surface area contributed by atoms with E-state index in [9.17, 15) is 14.9 Å². The van der Waals surface area contributed by atoms with Crippen LogP contribution in [0.15, 0.2) is 59.1 Å². The number of carbonyl (C=O) groups excluding carboxylic acids is 1. The monoisotopic (exact) mass is 472 g/mol. The van der Waals surface area contributed by atoms with Crippen molar-refractivity contribution in [3.8, 4) is 11.3 Å². The van der Waals surface area contributed by atoms with Gasteiger partial charge in [0.1, 0.15) is 22.7 Å². The van der Waals surface area contributed by atoms with Crippen LogP contribution in [0.1, 0.15) is 29.5 Å². The third kappa shape index (κ3) is 4.42. The summed E-state index contributed by atoms with van der Waals surface area (Å²) in [6.45, 7) is 4.10. The first kappa shape index (κ1) is 22.5. The van der Waals surface area contributed by atoms with Crippen molar-refractivity contribution in [2.45, 2.75) is 19.8 Å². The number of anilines is 1. The Labute approximate surface area is 201 Å². The highest BCUT2D eigenvalue weighted by atomic mass is 16.6. The summed E-state index contributed by atoms with van der Waals surface area (Å²) in [4.78, 5) is 36.9. The number of nitrogens with zero attached hydrogens (tertiary/aromatic N) is 6. The zero-order valence-electron chi connectivity index (χ0n) is 19.3. The second kappa shape index (κ2) is 9.49. The molecule has 0 atom stereocenters. The van der Waals surface area contributed by atoms with Crippen molar-refractivity contribution in [3.63, 3.8) is 0 Å². The molecule has 4 aromatic rings. The molecule has 1 aliphatic heterocycles. The van der Waals surface area contributed by atoms with Gasteiger partial charge in [-0.05, 0) is 12.5 Å². The molecule has 1 amide bonds. The molecule has 2 aromatic carbocycles. The van der Waals surface area contributed by atoms with Gasteiger partial charge in [-0.15, -0.1) is 0 Å². The van der Waals surface area contributed by atoms with Gasteiger partial charge in [-0.1, -0.05) is 48.5 Å². The van der Waals surface area contributed by atoms with Crippen molar-refractivity contribution in [2.24, 2.45) is 0 Å². The second-order valence-electron chi connectivity index (χ2n) is 8.38. The number of amides is 1. The Morgan fingerprint density at radius 3 is 2.54 bits per heavy atom. The van der Waals surface area contributed by atoms with Gasteiger partial charge in [-0.3, -0.25) is 14.9 Å². The number of hydrogen-bond acceptors (Lipinski definition) is 8. The number of nitro benzene ring substituents is 1. The highest BCUT2D eigenvalue weighted by Crippen LogP contribution is 2.34. The number of hydrogen-bond donors (Lipinski definition) is 0. The van der Waals surface area contributed by atoms with Crippen LogP contribution in [0.25, 0.3) is 22.4 Å². The van der Waals surface area contributed by atoms with Gasteiger partial charge in [0.2, 0.25) is 0 Å². The van der Waals surface area contributed by atoms with Crippen molar-refractivity contribution in [3.05, 3.63) is 76.1 Å². The molecule has 1 aliphatic rings. The SMILES string of the molecule is CCCc1nc(N2CCN(C(=O)c3cccc([N+](=O)[O-])c3)CC2)c2c(-c3ccccc3)noc2n1. The van der Waals surface area contributed by atoms with E-state index in [1.165, 1.54) is 18.2 Å². The van der Waals surface area contributed by atoms with Gasteiger partial charge in [-0.2, -0.15) is 4.98 Å². The maximum Gasteiger partial charge on any atom is 0.270 e. The van der Waals surface area contributed by atoms with Gasteiger partial charge in [0.25, 0.3) is 17.3 Å². The molecule has 0 unspecified atom stereocenters. The van der Waals surface area contributed by atoms with Gasteiger partial charge in [-0.25, -0.2) is 4.98 Å². The average molecular weight is 473 g/mol. The number of aryl methyl sites for hydroxylation is 1. The number of aromatic nitrogens is 3. The van der Waals surface area contributed by atoms with E-state index in [4.69, 9.17) is 9.51 Å². The molecule has 10 nitrogen and oxygen atoms in total. The Morgan fingerprint density at radius 2 is 1.83 bits per heavy atom. The lowest BCUT2D eigenvalue weighted by Crippen LogP contribution is -2.49. The van der Waals surface area contributed by atoms with Gasteiger partial charge in [0.15, 0.2) is 0 Å². The lowest BCUT2D eigenvalue weighted by atomic mass is 10.1. The average Bonchev–Trinajstić information content (AvgIpc) is 3.33. The van der Waals surface area contributed by atoms with Gasteiger partial charge < -0.3 is 14.3 Å². The van der Waals surface area contributed by atoms with Crippen molar-refractivity contribution in [2.75, 3.05) is 31.1 Å². The Balaban J connectivity index is 1.43. The third-order valence-electron chi connectivity index (χ3n) is 6.05. The van der Waals surface area contributed by atoms with Crippen molar-refractivity contribution in [1.82, 2.24) is 20.0 Å². The molecule has 0 N–H and O–H groups in total. The first-order valence-corrected chi connectivity index (χ1v) is 11.6. The molecule has 10 heteroatoms. The molecular formula is C25H24N6O4. The minimum atomic E-state index is -0.494. The molecule has 0 saturated carbocycles. The summed E-state index contributed by atoms with van der Waals surface area (Å²) >= 11 is 0. The number of fused-ring (bicyclic) bond motifs is 1. The summed E-state index contributed by atoms with van der Waals surface area (Å²) in [7, 11) is 0. The predicted molar refractivity (Wildman–Crippen MR) is 130 cm³/mol. The smallest absolute Gasteiger partial charge is 0.270 e. The van der Waals surface area contributed by atoms with Crippen LogP contribution in [-0.4, -0.2) is 57.0 Å². The van der Waals surface area contributed by atoms with Gasteiger partial charge in [0, 0.05) is 55.9 Å². The molecule has 5 rings (SSSR count). The molecule has 0 radical (unpaired) electrons. The number of piperazine rings is 1. The van der Waals surface area contributed by atoms with E-state index in [1.807, 2.05) is 30.3 Å². The molecule has 3 heterocycles. The fourth-order valence-corrected chi connectivity index (χ4v) is 4.29. The fraction of sp³-hybridized carbons (Fsp3) is 0.280. The summed E-state index contributed by atoms with van der Waals surface area (Å²) in [6.07, 6.45) is 1.62. The van der Waals surface area contributed by atoms with Crippen molar-refractivity contribution in [1.29, 1.82) is 0 Å². The molecule has 2 aromatic heterocycles. The minimum Gasteiger partial charge on any atom is -0.352 e. The molecular weight excluding hydrogens is 448 g/mol. The number of nitro groups is 1. The number of rotatable bonds is 6. The molecule has 0 aliphatic carbocycles. The van der Waals surface area contributed by atoms with E-state index in [-0.39, 0.29) is 11.6 Å². The molecule has 0 spiro atoms. The molecule has 1 saturated heterocycles. The van der Waals surface area contributed by atoms with Crippen LogP contribution in [0.5, 0.6) is 0 Å². The number of non-ortho nitro benzene ring substituents is 1. The van der Waals surface area contributed by atoms with Crippen LogP contribution < -0.4 is 4.90 Å². The van der Waals surface area contributed by atoms with Crippen LogP contribution in [0, 0.1) is 10.1 Å². The van der Waals surface area contributed by atoms with E-state index >= 15 is 0 Å². The van der Waals surface area contributed by atoms with Crippen LogP contribution in [0.3, 0.4) is 0 Å². The van der Waals surface area contributed by atoms with Gasteiger partial charge in [0.05, 0.1) is 4.92 Å². The largest absolute Gasteiger partial charge is 0.352 e. The lowest BCUT2D eigenvalue weighted by molar-refractivity contribution is -0.384. The van der Waals surface area contributed by atoms with Gasteiger partial charge >= 0.3 is 0 Å². The Hall–Kier alpha value is -4.34. The fourth-order valence-electron chi connectivity index (χ4n) is 4.29. The summed E-state index contributed by atoms with van der Waals surface area (Å²) in [5.41, 5.74) is 2.27. The quantitative estimate of drug-likeness (QED) is 0.304. The highest BCUT2D eigenvalue weighted by molar-refractivity contribution is 5.98. The van der Waals surface area contributed by atoms with Crippen LogP contribution in [0.4, 0.5) is 11.5 Å². The standard InChI is InChI=1S/C25H24N6O4/c1-2-7-20-26-23(21-22(28-35-24(21)27-20)17-8-4-3-5-9-17)29-12-14-30(15-13-29)25(32)18-10-6-11-19(16-18)31(33)34/h3-6,8-11,16H,2,7,12-15H2,1H3. The molecule has 178 valence electrons. The maximum atomic E-state index is 13.0. The lowest BCUT2D eigenvalue weighted by Gasteiger charge is -2.35. The summed E-state index contributed by atoms with van der Waals surface area (Å²) < 4.78 is 5.62. The van der Waals surface area contributed by atoms with E-state index in [0.717, 1.165) is 29.6 Å². The summed E-state index contributed by atoms with van der Waals surface area (Å²) in [5.74, 6) is 1.23. The Kier molecular flexibility index (Phi) is 6.09. The second-order valence-corrected chi connectivity index (χ2v) is 8.38. The highest BCUT2D eigenvalue weighted by Gasteiger charge is 2.28. The normalized spacial score (nSPS) is 13.9. The van der Waals surface area contributed by atoms with Crippen molar-refractivity contribution >= 4 is 28.5 Å². The predicted octanol–water partition coefficient (Wildman–Crippen LogP) is 4.11. The van der Waals surface area contributed by atoms with Crippen LogP contribution in [-0.2, 0) is 6.42 Å². The van der Waals surface area contributed by atoms with E-state index in [1.54, 1.807) is 11.0 Å².